The van der Waals surface area contributed by atoms with Gasteiger partial charge in [0.25, 0.3) is 10.2 Å². The molecule has 98 valence electrons. The molecule has 16 heavy (non-hydrogen) atoms. The van der Waals surface area contributed by atoms with Crippen LogP contribution in [0.4, 0.5) is 0 Å². The van der Waals surface area contributed by atoms with E-state index in [4.69, 9.17) is 0 Å². The second-order valence-electron chi connectivity index (χ2n) is 3.87. The Balaban J connectivity index is 0.00000225. The van der Waals surface area contributed by atoms with E-state index < -0.39 is 10.2 Å². The van der Waals surface area contributed by atoms with E-state index in [-0.39, 0.29) is 12.4 Å². The van der Waals surface area contributed by atoms with Crippen molar-refractivity contribution in [2.24, 2.45) is 0 Å². The highest BCUT2D eigenvalue weighted by Gasteiger charge is 2.14. The van der Waals surface area contributed by atoms with E-state index in [9.17, 15) is 8.42 Å². The van der Waals surface area contributed by atoms with Crippen molar-refractivity contribution in [2.75, 3.05) is 19.6 Å². The van der Waals surface area contributed by atoms with Crippen LogP contribution >= 0.6 is 12.4 Å². The minimum Gasteiger partial charge on any atom is -0.314 e. The summed E-state index contributed by atoms with van der Waals surface area (Å²) in [7, 11) is -3.26. The SMILES string of the molecule is CCCNS(=O)(=O)NCC[C@H]1CCCN1.Cl. The highest BCUT2D eigenvalue weighted by atomic mass is 35.5. The molecule has 1 atom stereocenters. The number of rotatable bonds is 7. The van der Waals surface area contributed by atoms with Crippen LogP contribution in [-0.4, -0.2) is 34.1 Å². The van der Waals surface area contributed by atoms with Gasteiger partial charge in [-0.2, -0.15) is 8.42 Å². The van der Waals surface area contributed by atoms with E-state index in [1.54, 1.807) is 0 Å². The zero-order chi connectivity index (χ0) is 11.1. The third-order valence-corrected chi connectivity index (χ3v) is 3.66. The van der Waals surface area contributed by atoms with Crippen LogP contribution < -0.4 is 14.8 Å². The van der Waals surface area contributed by atoms with Crippen LogP contribution in [-0.2, 0) is 10.2 Å². The van der Waals surface area contributed by atoms with Crippen molar-refractivity contribution in [2.45, 2.75) is 38.6 Å². The van der Waals surface area contributed by atoms with Gasteiger partial charge in [-0.3, -0.25) is 0 Å². The Bertz CT molecular complexity index is 266. The van der Waals surface area contributed by atoms with E-state index in [2.05, 4.69) is 14.8 Å². The van der Waals surface area contributed by atoms with Crippen LogP contribution in [0.25, 0.3) is 0 Å². The van der Waals surface area contributed by atoms with Crippen molar-refractivity contribution < 1.29 is 8.42 Å². The van der Waals surface area contributed by atoms with Gasteiger partial charge in [0.1, 0.15) is 0 Å². The lowest BCUT2D eigenvalue weighted by Crippen LogP contribution is -2.39. The largest absolute Gasteiger partial charge is 0.314 e. The van der Waals surface area contributed by atoms with E-state index in [1.807, 2.05) is 6.92 Å². The molecule has 7 heteroatoms. The maximum atomic E-state index is 11.3. The van der Waals surface area contributed by atoms with Gasteiger partial charge in [-0.15, -0.1) is 12.4 Å². The lowest BCUT2D eigenvalue weighted by atomic mass is 10.2. The summed E-state index contributed by atoms with van der Waals surface area (Å²) >= 11 is 0. The monoisotopic (exact) mass is 271 g/mol. The number of nitrogens with one attached hydrogen (secondary N) is 3. The van der Waals surface area contributed by atoms with E-state index in [1.165, 1.54) is 6.42 Å². The zero-order valence-electron chi connectivity index (χ0n) is 9.66. The van der Waals surface area contributed by atoms with Crippen molar-refractivity contribution in [1.82, 2.24) is 14.8 Å². The fourth-order valence-corrected chi connectivity index (χ4v) is 2.62. The maximum Gasteiger partial charge on any atom is 0.276 e. The number of hydrogen-bond acceptors (Lipinski definition) is 3. The highest BCUT2D eigenvalue weighted by molar-refractivity contribution is 7.87. The Morgan fingerprint density at radius 3 is 2.56 bits per heavy atom. The molecule has 5 nitrogen and oxygen atoms in total. The minimum absolute atomic E-state index is 0. The van der Waals surface area contributed by atoms with Gasteiger partial charge in [-0.05, 0) is 32.2 Å². The first-order chi connectivity index (χ1) is 7.14. The third-order valence-electron chi connectivity index (χ3n) is 2.49. The molecule has 0 aliphatic carbocycles. The van der Waals surface area contributed by atoms with Crippen molar-refractivity contribution >= 4 is 22.6 Å². The van der Waals surface area contributed by atoms with Gasteiger partial charge in [0.15, 0.2) is 0 Å². The Hall–Kier alpha value is 0.120. The van der Waals surface area contributed by atoms with Gasteiger partial charge in [-0.25, -0.2) is 9.44 Å². The van der Waals surface area contributed by atoms with Crippen LogP contribution in [0, 0.1) is 0 Å². The van der Waals surface area contributed by atoms with Crippen LogP contribution in [0.1, 0.15) is 32.6 Å². The zero-order valence-corrected chi connectivity index (χ0v) is 11.3. The first kappa shape index (κ1) is 16.1. The fourth-order valence-electron chi connectivity index (χ4n) is 1.66. The molecule has 0 aromatic rings. The quantitative estimate of drug-likeness (QED) is 0.627. The van der Waals surface area contributed by atoms with Gasteiger partial charge in [0, 0.05) is 19.1 Å². The smallest absolute Gasteiger partial charge is 0.276 e. The molecule has 1 fully saturated rings. The third kappa shape index (κ3) is 6.65. The van der Waals surface area contributed by atoms with Crippen LogP contribution in [0.15, 0.2) is 0 Å². The lowest BCUT2D eigenvalue weighted by Gasteiger charge is -2.11. The summed E-state index contributed by atoms with van der Waals surface area (Å²) in [6.07, 6.45) is 4.04. The molecule has 0 radical (unpaired) electrons. The van der Waals surface area contributed by atoms with E-state index in [0.717, 1.165) is 25.8 Å². The summed E-state index contributed by atoms with van der Waals surface area (Å²) in [6, 6.07) is 0.485. The summed E-state index contributed by atoms with van der Waals surface area (Å²) in [5.74, 6) is 0. The molecule has 1 aliphatic heterocycles. The summed E-state index contributed by atoms with van der Waals surface area (Å²) in [5, 5.41) is 3.33. The van der Waals surface area contributed by atoms with Crippen LogP contribution in [0.3, 0.4) is 0 Å². The molecule has 1 saturated heterocycles. The fraction of sp³-hybridized carbons (Fsp3) is 1.00. The Morgan fingerprint density at radius 1 is 1.31 bits per heavy atom. The summed E-state index contributed by atoms with van der Waals surface area (Å²) in [4.78, 5) is 0. The Labute approximate surface area is 104 Å². The topological polar surface area (TPSA) is 70.2 Å². The molecule has 0 amide bonds. The molecule has 0 bridgehead atoms. The highest BCUT2D eigenvalue weighted by Crippen LogP contribution is 2.07. The van der Waals surface area contributed by atoms with Crippen molar-refractivity contribution in [1.29, 1.82) is 0 Å². The van der Waals surface area contributed by atoms with E-state index in [0.29, 0.717) is 19.1 Å². The molecular weight excluding hydrogens is 250 g/mol. The normalized spacial score (nSPS) is 20.7. The predicted molar refractivity (Wildman–Crippen MR) is 68.1 cm³/mol. The molecule has 1 heterocycles. The minimum atomic E-state index is -3.26. The van der Waals surface area contributed by atoms with Gasteiger partial charge < -0.3 is 5.32 Å². The first-order valence-electron chi connectivity index (χ1n) is 5.61. The molecule has 1 aliphatic rings. The van der Waals surface area contributed by atoms with Crippen molar-refractivity contribution in [3.8, 4) is 0 Å². The standard InChI is InChI=1S/C9H21N3O2S.ClH/c1-2-6-11-15(13,14)12-8-5-9-4-3-7-10-9;/h9-12H,2-8H2,1H3;1H/t9-;/m1./s1. The summed E-state index contributed by atoms with van der Waals surface area (Å²) < 4.78 is 27.7. The summed E-state index contributed by atoms with van der Waals surface area (Å²) in [6.45, 7) is 4.00. The van der Waals surface area contributed by atoms with Gasteiger partial charge >= 0.3 is 0 Å². The maximum absolute atomic E-state index is 11.3. The second-order valence-corrected chi connectivity index (χ2v) is 5.46. The number of halogens is 1. The predicted octanol–water partition coefficient (Wildman–Crippen LogP) is 0.384. The van der Waals surface area contributed by atoms with Crippen LogP contribution in [0.5, 0.6) is 0 Å². The molecule has 0 aromatic carbocycles. The molecule has 0 aromatic heterocycles. The van der Waals surface area contributed by atoms with Gasteiger partial charge in [0.05, 0.1) is 0 Å². The Kier molecular flexibility index (Phi) is 8.31. The van der Waals surface area contributed by atoms with E-state index >= 15 is 0 Å². The molecule has 0 unspecified atom stereocenters. The van der Waals surface area contributed by atoms with Crippen molar-refractivity contribution in [3.05, 3.63) is 0 Å². The summed E-state index contributed by atoms with van der Waals surface area (Å²) in [5.41, 5.74) is 0. The average Bonchev–Trinajstić information content (AvgIpc) is 2.67. The molecule has 0 spiro atoms. The Morgan fingerprint density at radius 2 is 2.00 bits per heavy atom. The molecule has 1 rings (SSSR count). The van der Waals surface area contributed by atoms with Crippen LogP contribution in [0.2, 0.25) is 0 Å². The second kappa shape index (κ2) is 8.25. The number of hydrogen-bond donors (Lipinski definition) is 3. The van der Waals surface area contributed by atoms with Crippen molar-refractivity contribution in [3.63, 3.8) is 0 Å². The molecule has 3 N–H and O–H groups in total. The van der Waals surface area contributed by atoms with Gasteiger partial charge in [0.2, 0.25) is 0 Å². The lowest BCUT2D eigenvalue weighted by molar-refractivity contribution is 0.533. The molecule has 0 saturated carbocycles. The molecular formula is C9H22ClN3O2S. The first-order valence-corrected chi connectivity index (χ1v) is 7.10. The average molecular weight is 272 g/mol. The van der Waals surface area contributed by atoms with Gasteiger partial charge in [-0.1, -0.05) is 6.92 Å².